The predicted molar refractivity (Wildman–Crippen MR) is 62.0 cm³/mol. The quantitative estimate of drug-likeness (QED) is 0.719. The molecule has 0 spiro atoms. The molecule has 0 aromatic rings. The number of carbonyl (C=O) groups excluding carboxylic acids is 2. The smallest absolute Gasteiger partial charge is 0.223 e. The zero-order chi connectivity index (χ0) is 11.4. The first-order valence-electron chi connectivity index (χ1n) is 6.55. The number of carbonyl (C=O) groups is 2. The Morgan fingerprint density at radius 2 is 1.94 bits per heavy atom. The second kappa shape index (κ2) is 5.46. The van der Waals surface area contributed by atoms with Crippen molar-refractivity contribution in [3.63, 3.8) is 0 Å². The molecule has 1 saturated carbocycles. The highest BCUT2D eigenvalue weighted by molar-refractivity contribution is 5.87. The van der Waals surface area contributed by atoms with Gasteiger partial charge in [0.1, 0.15) is 0 Å². The third-order valence-corrected chi connectivity index (χ3v) is 3.79. The van der Waals surface area contributed by atoms with Gasteiger partial charge < -0.3 is 4.90 Å². The van der Waals surface area contributed by atoms with Gasteiger partial charge in [0.2, 0.25) is 5.91 Å². The van der Waals surface area contributed by atoms with Crippen molar-refractivity contribution in [2.24, 2.45) is 5.92 Å². The lowest BCUT2D eigenvalue weighted by atomic mass is 9.86. The fraction of sp³-hybridized carbons (Fsp3) is 0.846. The second-order valence-electron chi connectivity index (χ2n) is 5.17. The summed E-state index contributed by atoms with van der Waals surface area (Å²) in [6.45, 7) is 1.16. The summed E-state index contributed by atoms with van der Waals surface area (Å²) in [5.74, 6) is 1.02. The Morgan fingerprint density at radius 3 is 2.62 bits per heavy atom. The van der Waals surface area contributed by atoms with Crippen LogP contribution >= 0.6 is 0 Å². The van der Waals surface area contributed by atoms with Crippen molar-refractivity contribution in [1.82, 2.24) is 4.90 Å². The lowest BCUT2D eigenvalue weighted by Crippen LogP contribution is -2.40. The molecule has 1 saturated heterocycles. The van der Waals surface area contributed by atoms with Crippen LogP contribution in [0.15, 0.2) is 0 Å². The van der Waals surface area contributed by atoms with Gasteiger partial charge in [-0.3, -0.25) is 9.59 Å². The molecule has 2 fully saturated rings. The van der Waals surface area contributed by atoms with Gasteiger partial charge >= 0.3 is 0 Å². The first-order chi connectivity index (χ1) is 7.75. The van der Waals surface area contributed by atoms with E-state index in [4.69, 9.17) is 0 Å². The second-order valence-corrected chi connectivity index (χ2v) is 5.17. The summed E-state index contributed by atoms with van der Waals surface area (Å²) < 4.78 is 0. The molecule has 90 valence electrons. The van der Waals surface area contributed by atoms with Gasteiger partial charge in [0.25, 0.3) is 0 Å². The summed E-state index contributed by atoms with van der Waals surface area (Å²) in [6, 6.07) is 0. The van der Waals surface area contributed by atoms with Crippen molar-refractivity contribution in [3.05, 3.63) is 0 Å². The highest BCUT2D eigenvalue weighted by Gasteiger charge is 2.24. The van der Waals surface area contributed by atoms with Crippen LogP contribution in [0.2, 0.25) is 0 Å². The van der Waals surface area contributed by atoms with Crippen LogP contribution in [0.3, 0.4) is 0 Å². The fourth-order valence-corrected chi connectivity index (χ4v) is 2.82. The van der Waals surface area contributed by atoms with Gasteiger partial charge in [-0.25, -0.2) is 0 Å². The van der Waals surface area contributed by atoms with E-state index < -0.39 is 0 Å². The third kappa shape index (κ3) is 3.06. The standard InChI is InChI=1S/C13H21NO2/c15-12-7-4-8-14(10-12)13(16)9-11-5-2-1-3-6-11/h11H,1-10H2. The average molecular weight is 223 g/mol. The number of Topliss-reactive ketones (excluding diaryl/α,β-unsaturated/α-hetero) is 1. The maximum absolute atomic E-state index is 12.0. The largest absolute Gasteiger partial charge is 0.335 e. The van der Waals surface area contributed by atoms with E-state index in [1.807, 2.05) is 0 Å². The lowest BCUT2D eigenvalue weighted by molar-refractivity contribution is -0.138. The Kier molecular flexibility index (Phi) is 3.97. The first-order valence-corrected chi connectivity index (χ1v) is 6.55. The monoisotopic (exact) mass is 223 g/mol. The molecule has 0 unspecified atom stereocenters. The maximum Gasteiger partial charge on any atom is 0.223 e. The van der Waals surface area contributed by atoms with Crippen molar-refractivity contribution in [3.8, 4) is 0 Å². The van der Waals surface area contributed by atoms with Crippen LogP contribution in [0, 0.1) is 5.92 Å². The summed E-state index contributed by atoms with van der Waals surface area (Å²) in [7, 11) is 0. The molecule has 1 aliphatic heterocycles. The van der Waals surface area contributed by atoms with Gasteiger partial charge in [-0.05, 0) is 25.2 Å². The van der Waals surface area contributed by atoms with E-state index in [-0.39, 0.29) is 11.7 Å². The minimum Gasteiger partial charge on any atom is -0.335 e. The Labute approximate surface area is 97.2 Å². The molecule has 16 heavy (non-hydrogen) atoms. The van der Waals surface area contributed by atoms with Crippen molar-refractivity contribution >= 4 is 11.7 Å². The minimum atomic E-state index is 0.208. The Bertz CT molecular complexity index is 269. The van der Waals surface area contributed by atoms with Crippen LogP contribution in [0.4, 0.5) is 0 Å². The van der Waals surface area contributed by atoms with E-state index in [0.717, 1.165) is 13.0 Å². The topological polar surface area (TPSA) is 37.4 Å². The van der Waals surface area contributed by atoms with Crippen molar-refractivity contribution in [1.29, 1.82) is 0 Å². The Morgan fingerprint density at radius 1 is 1.19 bits per heavy atom. The van der Waals surface area contributed by atoms with E-state index in [9.17, 15) is 9.59 Å². The molecule has 0 atom stereocenters. The highest BCUT2D eigenvalue weighted by Crippen LogP contribution is 2.27. The highest BCUT2D eigenvalue weighted by atomic mass is 16.2. The van der Waals surface area contributed by atoms with Gasteiger partial charge in [0.15, 0.2) is 5.78 Å². The van der Waals surface area contributed by atoms with Crippen LogP contribution in [-0.4, -0.2) is 29.7 Å². The van der Waals surface area contributed by atoms with Crippen LogP contribution in [-0.2, 0) is 9.59 Å². The summed E-state index contributed by atoms with van der Waals surface area (Å²) in [5.41, 5.74) is 0. The molecule has 3 nitrogen and oxygen atoms in total. The molecule has 0 aromatic heterocycles. The molecule has 1 heterocycles. The van der Waals surface area contributed by atoms with E-state index in [2.05, 4.69) is 0 Å². The van der Waals surface area contributed by atoms with Gasteiger partial charge in [-0.15, -0.1) is 0 Å². The predicted octanol–water partition coefficient (Wildman–Crippen LogP) is 2.15. The number of nitrogens with zero attached hydrogens (tertiary/aromatic N) is 1. The van der Waals surface area contributed by atoms with Crippen LogP contribution in [0.1, 0.15) is 51.4 Å². The van der Waals surface area contributed by atoms with Gasteiger partial charge in [0.05, 0.1) is 6.54 Å². The summed E-state index contributed by atoms with van der Waals surface area (Å²) in [4.78, 5) is 25.0. The van der Waals surface area contributed by atoms with Crippen molar-refractivity contribution in [2.45, 2.75) is 51.4 Å². The minimum absolute atomic E-state index is 0.208. The Balaban J connectivity index is 1.79. The zero-order valence-electron chi connectivity index (χ0n) is 9.91. The summed E-state index contributed by atoms with van der Waals surface area (Å²) >= 11 is 0. The molecule has 2 rings (SSSR count). The molecule has 1 aliphatic carbocycles. The van der Waals surface area contributed by atoms with Gasteiger partial charge in [-0.2, -0.15) is 0 Å². The SMILES string of the molecule is O=C1CCCN(C(=O)CC2CCCCC2)C1. The van der Waals surface area contributed by atoms with Crippen LogP contribution in [0.5, 0.6) is 0 Å². The normalized spacial score (nSPS) is 23.5. The fourth-order valence-electron chi connectivity index (χ4n) is 2.82. The van der Waals surface area contributed by atoms with E-state index >= 15 is 0 Å². The number of ketones is 1. The van der Waals surface area contributed by atoms with E-state index in [0.29, 0.717) is 25.3 Å². The molecule has 0 radical (unpaired) electrons. The zero-order valence-corrected chi connectivity index (χ0v) is 9.91. The van der Waals surface area contributed by atoms with Gasteiger partial charge in [-0.1, -0.05) is 19.3 Å². The molecule has 0 aromatic carbocycles. The molecule has 2 aliphatic rings. The molecule has 3 heteroatoms. The maximum atomic E-state index is 12.0. The number of hydrogen-bond acceptors (Lipinski definition) is 2. The lowest BCUT2D eigenvalue weighted by Gasteiger charge is -2.28. The van der Waals surface area contributed by atoms with E-state index in [1.54, 1.807) is 4.90 Å². The summed E-state index contributed by atoms with van der Waals surface area (Å²) in [6.07, 6.45) is 8.47. The number of likely N-dealkylation sites (tertiary alicyclic amines) is 1. The van der Waals surface area contributed by atoms with Gasteiger partial charge in [0, 0.05) is 19.4 Å². The molecule has 0 N–H and O–H groups in total. The molecule has 0 bridgehead atoms. The number of hydrogen-bond donors (Lipinski definition) is 0. The van der Waals surface area contributed by atoms with Crippen molar-refractivity contribution < 1.29 is 9.59 Å². The number of rotatable bonds is 2. The van der Waals surface area contributed by atoms with E-state index in [1.165, 1.54) is 32.1 Å². The summed E-state index contributed by atoms with van der Waals surface area (Å²) in [5, 5.41) is 0. The Hall–Kier alpha value is -0.860. The number of amides is 1. The first kappa shape index (κ1) is 11.6. The molecular weight excluding hydrogens is 202 g/mol. The van der Waals surface area contributed by atoms with Crippen LogP contribution in [0.25, 0.3) is 0 Å². The third-order valence-electron chi connectivity index (χ3n) is 3.79. The van der Waals surface area contributed by atoms with Crippen molar-refractivity contribution in [2.75, 3.05) is 13.1 Å². The average Bonchev–Trinajstić information content (AvgIpc) is 2.30. The number of piperidine rings is 1. The van der Waals surface area contributed by atoms with Crippen LogP contribution < -0.4 is 0 Å². The molecule has 1 amide bonds. The molecular formula is C13H21NO2.